The molecule has 1 heterocycles. The number of methoxy groups -OCH3 is 1. The molecule has 25 heavy (non-hydrogen) atoms. The maximum atomic E-state index is 12.5. The SMILES string of the molecule is CCOc1ccc(NC(=O)Cn2c(COC)nc3ccccc32)cc1. The first-order valence-corrected chi connectivity index (χ1v) is 8.17. The lowest BCUT2D eigenvalue weighted by Gasteiger charge is -2.10. The molecule has 6 heteroatoms. The number of hydrogen-bond donors (Lipinski definition) is 1. The number of aromatic nitrogens is 2. The highest BCUT2D eigenvalue weighted by atomic mass is 16.5. The van der Waals surface area contributed by atoms with Crippen molar-refractivity contribution in [3.8, 4) is 5.75 Å². The van der Waals surface area contributed by atoms with Gasteiger partial charge in [-0.15, -0.1) is 0 Å². The van der Waals surface area contributed by atoms with Crippen LogP contribution in [0.15, 0.2) is 48.5 Å². The number of carbonyl (C=O) groups is 1. The van der Waals surface area contributed by atoms with Crippen LogP contribution in [0.3, 0.4) is 0 Å². The number of imidazole rings is 1. The van der Waals surface area contributed by atoms with Gasteiger partial charge in [-0.1, -0.05) is 12.1 Å². The molecule has 0 saturated heterocycles. The van der Waals surface area contributed by atoms with E-state index in [2.05, 4.69) is 10.3 Å². The first-order valence-electron chi connectivity index (χ1n) is 8.17. The molecule has 1 aromatic heterocycles. The summed E-state index contributed by atoms with van der Waals surface area (Å²) in [6.45, 7) is 3.07. The van der Waals surface area contributed by atoms with Crippen LogP contribution in [0.1, 0.15) is 12.7 Å². The maximum Gasteiger partial charge on any atom is 0.244 e. The molecule has 0 atom stereocenters. The van der Waals surface area contributed by atoms with Gasteiger partial charge in [-0.05, 0) is 43.3 Å². The van der Waals surface area contributed by atoms with Crippen molar-refractivity contribution in [1.82, 2.24) is 9.55 Å². The summed E-state index contributed by atoms with van der Waals surface area (Å²) in [4.78, 5) is 17.0. The lowest BCUT2D eigenvalue weighted by Crippen LogP contribution is -2.20. The number of anilines is 1. The van der Waals surface area contributed by atoms with E-state index in [0.29, 0.717) is 13.2 Å². The van der Waals surface area contributed by atoms with E-state index in [-0.39, 0.29) is 12.5 Å². The predicted molar refractivity (Wildman–Crippen MR) is 96.7 cm³/mol. The van der Waals surface area contributed by atoms with Crippen molar-refractivity contribution in [3.63, 3.8) is 0 Å². The molecule has 3 rings (SSSR count). The number of carbonyl (C=O) groups excluding carboxylic acids is 1. The Hall–Kier alpha value is -2.86. The summed E-state index contributed by atoms with van der Waals surface area (Å²) < 4.78 is 12.5. The standard InChI is InChI=1S/C19H21N3O3/c1-3-25-15-10-8-14(9-11-15)20-19(23)12-22-17-7-5-4-6-16(17)21-18(22)13-24-2/h4-11H,3,12-13H2,1-2H3,(H,20,23). The van der Waals surface area contributed by atoms with Gasteiger partial charge in [0.15, 0.2) is 0 Å². The van der Waals surface area contributed by atoms with Gasteiger partial charge in [-0.25, -0.2) is 4.98 Å². The van der Waals surface area contributed by atoms with Gasteiger partial charge >= 0.3 is 0 Å². The second-order valence-corrected chi connectivity index (χ2v) is 5.54. The minimum absolute atomic E-state index is 0.121. The molecular weight excluding hydrogens is 318 g/mol. The van der Waals surface area contributed by atoms with Crippen molar-refractivity contribution in [3.05, 3.63) is 54.4 Å². The van der Waals surface area contributed by atoms with Crippen molar-refractivity contribution in [2.75, 3.05) is 19.0 Å². The van der Waals surface area contributed by atoms with Crippen molar-refractivity contribution in [2.45, 2.75) is 20.1 Å². The molecule has 0 aliphatic rings. The normalized spacial score (nSPS) is 10.8. The maximum absolute atomic E-state index is 12.5. The highest BCUT2D eigenvalue weighted by Crippen LogP contribution is 2.18. The van der Waals surface area contributed by atoms with Gasteiger partial charge in [0, 0.05) is 12.8 Å². The fourth-order valence-corrected chi connectivity index (χ4v) is 2.69. The van der Waals surface area contributed by atoms with Crippen LogP contribution in [-0.4, -0.2) is 29.2 Å². The average Bonchev–Trinajstić information content (AvgIpc) is 2.95. The predicted octanol–water partition coefficient (Wildman–Crippen LogP) is 3.22. The number of ether oxygens (including phenoxy) is 2. The number of nitrogens with one attached hydrogen (secondary N) is 1. The quantitative estimate of drug-likeness (QED) is 0.718. The molecule has 1 N–H and O–H groups in total. The number of fused-ring (bicyclic) bond motifs is 1. The Balaban J connectivity index is 1.76. The molecule has 0 radical (unpaired) electrons. The second-order valence-electron chi connectivity index (χ2n) is 5.54. The average molecular weight is 339 g/mol. The van der Waals surface area contributed by atoms with Crippen molar-refractivity contribution >= 4 is 22.6 Å². The van der Waals surface area contributed by atoms with E-state index < -0.39 is 0 Å². The zero-order valence-electron chi connectivity index (χ0n) is 14.4. The van der Waals surface area contributed by atoms with Crippen LogP contribution < -0.4 is 10.1 Å². The van der Waals surface area contributed by atoms with Gasteiger partial charge in [0.05, 0.1) is 17.6 Å². The number of amides is 1. The van der Waals surface area contributed by atoms with Crippen LogP contribution in [0.5, 0.6) is 5.75 Å². The first kappa shape index (κ1) is 17.0. The van der Waals surface area contributed by atoms with Crippen LogP contribution in [0.25, 0.3) is 11.0 Å². The van der Waals surface area contributed by atoms with E-state index in [1.807, 2.05) is 60.0 Å². The fraction of sp³-hybridized carbons (Fsp3) is 0.263. The van der Waals surface area contributed by atoms with Crippen molar-refractivity contribution < 1.29 is 14.3 Å². The molecule has 0 aliphatic carbocycles. The fourth-order valence-electron chi connectivity index (χ4n) is 2.69. The minimum Gasteiger partial charge on any atom is -0.494 e. The van der Waals surface area contributed by atoms with Crippen LogP contribution in [0.2, 0.25) is 0 Å². The van der Waals surface area contributed by atoms with Gasteiger partial charge in [0.1, 0.15) is 24.7 Å². The van der Waals surface area contributed by atoms with Crippen molar-refractivity contribution in [2.24, 2.45) is 0 Å². The Labute approximate surface area is 146 Å². The van der Waals surface area contributed by atoms with Gasteiger partial charge in [-0.2, -0.15) is 0 Å². The molecule has 2 aromatic carbocycles. The van der Waals surface area contributed by atoms with E-state index >= 15 is 0 Å². The summed E-state index contributed by atoms with van der Waals surface area (Å²) in [5, 5.41) is 2.90. The molecular formula is C19H21N3O3. The molecule has 1 amide bonds. The number of hydrogen-bond acceptors (Lipinski definition) is 4. The Morgan fingerprint density at radius 2 is 1.92 bits per heavy atom. The van der Waals surface area contributed by atoms with Crippen molar-refractivity contribution in [1.29, 1.82) is 0 Å². The summed E-state index contributed by atoms with van der Waals surface area (Å²) in [5.41, 5.74) is 2.49. The van der Waals surface area contributed by atoms with Gasteiger partial charge in [0.2, 0.25) is 5.91 Å². The molecule has 3 aromatic rings. The summed E-state index contributed by atoms with van der Waals surface area (Å²) in [7, 11) is 1.61. The topological polar surface area (TPSA) is 65.4 Å². The molecule has 0 unspecified atom stereocenters. The Morgan fingerprint density at radius 1 is 1.16 bits per heavy atom. The molecule has 0 bridgehead atoms. The highest BCUT2D eigenvalue weighted by molar-refractivity contribution is 5.91. The third kappa shape index (κ3) is 3.97. The molecule has 0 fully saturated rings. The summed E-state index contributed by atoms with van der Waals surface area (Å²) in [5.74, 6) is 1.39. The molecule has 6 nitrogen and oxygen atoms in total. The van der Waals surface area contributed by atoms with E-state index in [9.17, 15) is 4.79 Å². The molecule has 130 valence electrons. The van der Waals surface area contributed by atoms with Crippen LogP contribution >= 0.6 is 0 Å². The third-order valence-electron chi connectivity index (χ3n) is 3.76. The summed E-state index contributed by atoms with van der Waals surface area (Å²) >= 11 is 0. The molecule has 0 spiro atoms. The third-order valence-corrected chi connectivity index (χ3v) is 3.76. The number of benzene rings is 2. The number of nitrogens with zero attached hydrogens (tertiary/aromatic N) is 2. The molecule has 0 saturated carbocycles. The zero-order chi connectivity index (χ0) is 17.6. The highest BCUT2D eigenvalue weighted by Gasteiger charge is 2.13. The Kier molecular flexibility index (Phi) is 5.30. The van der Waals surface area contributed by atoms with Gasteiger partial charge < -0.3 is 19.4 Å². The van der Waals surface area contributed by atoms with Crippen LogP contribution in [-0.2, 0) is 22.7 Å². The smallest absolute Gasteiger partial charge is 0.244 e. The Bertz CT molecular complexity index is 856. The second kappa shape index (κ2) is 7.81. The first-order chi connectivity index (χ1) is 12.2. The zero-order valence-corrected chi connectivity index (χ0v) is 14.4. The van der Waals surface area contributed by atoms with E-state index in [1.54, 1.807) is 7.11 Å². The lowest BCUT2D eigenvalue weighted by atomic mass is 10.3. The largest absolute Gasteiger partial charge is 0.494 e. The summed E-state index contributed by atoms with van der Waals surface area (Å²) in [6.07, 6.45) is 0. The summed E-state index contributed by atoms with van der Waals surface area (Å²) in [6, 6.07) is 15.1. The Morgan fingerprint density at radius 3 is 2.64 bits per heavy atom. The minimum atomic E-state index is -0.121. The van der Waals surface area contributed by atoms with Crippen LogP contribution in [0, 0.1) is 0 Å². The van der Waals surface area contributed by atoms with Gasteiger partial charge in [-0.3, -0.25) is 4.79 Å². The number of rotatable bonds is 7. The number of para-hydroxylation sites is 2. The van der Waals surface area contributed by atoms with Crippen LogP contribution in [0.4, 0.5) is 5.69 Å². The van der Waals surface area contributed by atoms with E-state index in [4.69, 9.17) is 9.47 Å². The molecule has 0 aliphatic heterocycles. The lowest BCUT2D eigenvalue weighted by molar-refractivity contribution is -0.116. The van der Waals surface area contributed by atoms with E-state index in [0.717, 1.165) is 28.3 Å². The van der Waals surface area contributed by atoms with Gasteiger partial charge in [0.25, 0.3) is 0 Å². The van der Waals surface area contributed by atoms with E-state index in [1.165, 1.54) is 0 Å². The monoisotopic (exact) mass is 339 g/mol.